The first kappa shape index (κ1) is 12.3. The first-order valence-electron chi connectivity index (χ1n) is 6.37. The Labute approximate surface area is 98.3 Å². The number of hydrogen-bond donors (Lipinski definition) is 1. The van der Waals surface area contributed by atoms with Crippen molar-refractivity contribution in [3.05, 3.63) is 0 Å². The zero-order valence-electron chi connectivity index (χ0n) is 10.3. The molecule has 2 aliphatic heterocycles. The second-order valence-corrected chi connectivity index (χ2v) is 5.03. The molecule has 2 rings (SSSR count). The minimum absolute atomic E-state index is 0.421. The smallest absolute Gasteiger partial charge is 0.0594 e. The van der Waals surface area contributed by atoms with Crippen LogP contribution in [0.5, 0.6) is 0 Å². The molecule has 2 fully saturated rings. The molecule has 0 aromatic rings. The fourth-order valence-corrected chi connectivity index (χ4v) is 2.80. The van der Waals surface area contributed by atoms with Crippen LogP contribution in [0.25, 0.3) is 0 Å². The average molecular weight is 228 g/mol. The molecule has 0 aromatic heterocycles. The third-order valence-corrected chi connectivity index (χ3v) is 3.77. The number of morpholine rings is 1. The Bertz CT molecular complexity index is 194. The molecule has 4 nitrogen and oxygen atoms in total. The Kier molecular flexibility index (Phi) is 4.58. The van der Waals surface area contributed by atoms with Crippen molar-refractivity contribution in [2.24, 2.45) is 5.41 Å². The van der Waals surface area contributed by atoms with Crippen LogP contribution in [0.2, 0.25) is 0 Å². The molecule has 2 saturated heterocycles. The number of rotatable bonds is 4. The monoisotopic (exact) mass is 228 g/mol. The molecule has 4 heteroatoms. The van der Waals surface area contributed by atoms with E-state index in [1.165, 1.54) is 19.4 Å². The van der Waals surface area contributed by atoms with E-state index in [2.05, 4.69) is 17.3 Å². The summed E-state index contributed by atoms with van der Waals surface area (Å²) in [4.78, 5) is 2.55. The van der Waals surface area contributed by atoms with E-state index in [-0.39, 0.29) is 0 Å². The molecule has 0 unspecified atom stereocenters. The minimum atomic E-state index is 0.421. The maximum absolute atomic E-state index is 5.49. The van der Waals surface area contributed by atoms with Crippen LogP contribution in [-0.4, -0.2) is 64.6 Å². The van der Waals surface area contributed by atoms with Gasteiger partial charge >= 0.3 is 0 Å². The van der Waals surface area contributed by atoms with E-state index >= 15 is 0 Å². The largest absolute Gasteiger partial charge is 0.381 e. The zero-order chi connectivity index (χ0) is 11.3. The van der Waals surface area contributed by atoms with Gasteiger partial charge in [-0.1, -0.05) is 0 Å². The van der Waals surface area contributed by atoms with E-state index in [9.17, 15) is 0 Å². The van der Waals surface area contributed by atoms with Crippen LogP contribution in [0.4, 0.5) is 0 Å². The number of hydrogen-bond acceptors (Lipinski definition) is 4. The summed E-state index contributed by atoms with van der Waals surface area (Å²) in [6, 6.07) is 0. The summed E-state index contributed by atoms with van der Waals surface area (Å²) in [7, 11) is 2.05. The molecule has 0 amide bonds. The summed E-state index contributed by atoms with van der Waals surface area (Å²) in [6.07, 6.45) is 2.37. The van der Waals surface area contributed by atoms with Gasteiger partial charge in [0.25, 0.3) is 0 Å². The molecule has 0 aromatic carbocycles. The Morgan fingerprint density at radius 3 is 2.31 bits per heavy atom. The van der Waals surface area contributed by atoms with Gasteiger partial charge in [-0.3, -0.25) is 4.90 Å². The lowest BCUT2D eigenvalue weighted by Crippen LogP contribution is -2.49. The number of nitrogens with one attached hydrogen (secondary N) is 1. The van der Waals surface area contributed by atoms with Crippen LogP contribution in [-0.2, 0) is 9.47 Å². The highest BCUT2D eigenvalue weighted by atomic mass is 16.5. The van der Waals surface area contributed by atoms with Gasteiger partial charge in [0, 0.05) is 39.4 Å². The van der Waals surface area contributed by atoms with Gasteiger partial charge in [0.05, 0.1) is 13.2 Å². The first-order chi connectivity index (χ1) is 7.85. The molecule has 2 aliphatic rings. The van der Waals surface area contributed by atoms with Crippen LogP contribution >= 0.6 is 0 Å². The molecular weight excluding hydrogens is 204 g/mol. The lowest BCUT2D eigenvalue weighted by molar-refractivity contribution is -0.0281. The molecule has 94 valence electrons. The van der Waals surface area contributed by atoms with Gasteiger partial charge in [0.2, 0.25) is 0 Å². The molecule has 0 bridgehead atoms. The van der Waals surface area contributed by atoms with Crippen molar-refractivity contribution in [1.82, 2.24) is 10.2 Å². The molecule has 0 saturated carbocycles. The summed E-state index contributed by atoms with van der Waals surface area (Å²) in [6.45, 7) is 8.11. The van der Waals surface area contributed by atoms with Crippen LogP contribution in [0, 0.1) is 5.41 Å². The summed E-state index contributed by atoms with van der Waals surface area (Å²) in [5.74, 6) is 0. The fourth-order valence-electron chi connectivity index (χ4n) is 2.80. The van der Waals surface area contributed by atoms with Gasteiger partial charge in [-0.15, -0.1) is 0 Å². The topological polar surface area (TPSA) is 33.7 Å². The predicted molar refractivity (Wildman–Crippen MR) is 63.7 cm³/mol. The van der Waals surface area contributed by atoms with Crippen LogP contribution < -0.4 is 5.32 Å². The van der Waals surface area contributed by atoms with Gasteiger partial charge in [-0.2, -0.15) is 0 Å². The van der Waals surface area contributed by atoms with Crippen LogP contribution in [0.3, 0.4) is 0 Å². The third kappa shape index (κ3) is 3.17. The van der Waals surface area contributed by atoms with E-state index in [0.717, 1.165) is 46.1 Å². The molecule has 1 N–H and O–H groups in total. The third-order valence-electron chi connectivity index (χ3n) is 3.77. The Balaban J connectivity index is 1.89. The van der Waals surface area contributed by atoms with Gasteiger partial charge in [0.15, 0.2) is 0 Å². The summed E-state index contributed by atoms with van der Waals surface area (Å²) in [5.41, 5.74) is 0.421. The van der Waals surface area contributed by atoms with Crippen molar-refractivity contribution >= 4 is 0 Å². The highest BCUT2D eigenvalue weighted by molar-refractivity contribution is 4.87. The van der Waals surface area contributed by atoms with Crippen molar-refractivity contribution in [2.45, 2.75) is 12.8 Å². The van der Waals surface area contributed by atoms with E-state index in [1.807, 2.05) is 0 Å². The molecule has 2 heterocycles. The van der Waals surface area contributed by atoms with E-state index in [4.69, 9.17) is 9.47 Å². The van der Waals surface area contributed by atoms with E-state index in [1.54, 1.807) is 0 Å². The number of ether oxygens (including phenoxy) is 2. The second kappa shape index (κ2) is 5.96. The Morgan fingerprint density at radius 2 is 1.69 bits per heavy atom. The molecule has 0 spiro atoms. The maximum Gasteiger partial charge on any atom is 0.0594 e. The van der Waals surface area contributed by atoms with Crippen LogP contribution in [0.15, 0.2) is 0 Å². The van der Waals surface area contributed by atoms with E-state index < -0.39 is 0 Å². The normalized spacial score (nSPS) is 26.8. The van der Waals surface area contributed by atoms with Crippen LogP contribution in [0.1, 0.15) is 12.8 Å². The lowest BCUT2D eigenvalue weighted by atomic mass is 9.79. The quantitative estimate of drug-likeness (QED) is 0.752. The first-order valence-corrected chi connectivity index (χ1v) is 6.37. The summed E-state index contributed by atoms with van der Waals surface area (Å²) < 4.78 is 10.9. The van der Waals surface area contributed by atoms with Crippen molar-refractivity contribution in [1.29, 1.82) is 0 Å². The van der Waals surface area contributed by atoms with Gasteiger partial charge in [0.1, 0.15) is 0 Å². The van der Waals surface area contributed by atoms with Gasteiger partial charge in [-0.05, 0) is 25.3 Å². The predicted octanol–water partition coefficient (Wildman–Crippen LogP) is 0.335. The SMILES string of the molecule is CNCC1(CN2CCOCC2)CCOCC1. The average Bonchev–Trinajstić information content (AvgIpc) is 2.31. The molecule has 0 radical (unpaired) electrons. The van der Waals surface area contributed by atoms with Gasteiger partial charge < -0.3 is 14.8 Å². The van der Waals surface area contributed by atoms with Crippen molar-refractivity contribution in [2.75, 3.05) is 59.7 Å². The molecule has 0 aliphatic carbocycles. The summed E-state index contributed by atoms with van der Waals surface area (Å²) >= 11 is 0. The summed E-state index contributed by atoms with van der Waals surface area (Å²) in [5, 5.41) is 3.35. The Hall–Kier alpha value is -0.160. The second-order valence-electron chi connectivity index (χ2n) is 5.03. The van der Waals surface area contributed by atoms with Gasteiger partial charge in [-0.25, -0.2) is 0 Å². The maximum atomic E-state index is 5.49. The van der Waals surface area contributed by atoms with E-state index in [0.29, 0.717) is 5.41 Å². The van der Waals surface area contributed by atoms with Crippen molar-refractivity contribution in [3.8, 4) is 0 Å². The highest BCUT2D eigenvalue weighted by Gasteiger charge is 2.34. The Morgan fingerprint density at radius 1 is 1.06 bits per heavy atom. The van der Waals surface area contributed by atoms with Crippen molar-refractivity contribution < 1.29 is 9.47 Å². The molecule has 16 heavy (non-hydrogen) atoms. The lowest BCUT2D eigenvalue weighted by Gasteiger charge is -2.42. The zero-order valence-corrected chi connectivity index (χ0v) is 10.3. The standard InChI is InChI=1S/C12H24N2O2/c1-13-10-12(2-6-15-7-3-12)11-14-4-8-16-9-5-14/h13H,2-11H2,1H3. The molecule has 0 atom stereocenters. The van der Waals surface area contributed by atoms with Crippen molar-refractivity contribution in [3.63, 3.8) is 0 Å². The fraction of sp³-hybridized carbons (Fsp3) is 1.00. The molecular formula is C12H24N2O2. The number of nitrogens with zero attached hydrogens (tertiary/aromatic N) is 1. The highest BCUT2D eigenvalue weighted by Crippen LogP contribution is 2.31. The minimum Gasteiger partial charge on any atom is -0.381 e.